The predicted molar refractivity (Wildman–Crippen MR) is 83.2 cm³/mol. The Kier molecular flexibility index (Phi) is 5.21. The predicted octanol–water partition coefficient (Wildman–Crippen LogP) is 3.00. The summed E-state index contributed by atoms with van der Waals surface area (Å²) in [5.74, 6) is 0.775. The first-order valence-corrected chi connectivity index (χ1v) is 6.88. The molecule has 0 aromatic heterocycles. The first kappa shape index (κ1) is 14.9. The molecule has 0 unspecified atom stereocenters. The molecule has 2 N–H and O–H groups in total. The number of nitrogens with one attached hydrogen (secondary N) is 2. The standard InChI is InChI=1S/C17H20N2O2/c1-13-6-5-7-14(10-13)11-18-17(20)19-12-15-8-3-4-9-16(15)21-2/h3-10H,11-12H2,1-2H3,(H2,18,19,20). The van der Waals surface area contributed by atoms with Crippen molar-refractivity contribution in [3.63, 3.8) is 0 Å². The topological polar surface area (TPSA) is 50.4 Å². The van der Waals surface area contributed by atoms with Crippen LogP contribution in [0.5, 0.6) is 5.75 Å². The van der Waals surface area contributed by atoms with E-state index in [1.54, 1.807) is 7.11 Å². The quantitative estimate of drug-likeness (QED) is 0.886. The summed E-state index contributed by atoms with van der Waals surface area (Å²) in [6.45, 7) is 2.98. The van der Waals surface area contributed by atoms with Crippen molar-refractivity contribution >= 4 is 6.03 Å². The van der Waals surface area contributed by atoms with Crippen LogP contribution < -0.4 is 15.4 Å². The van der Waals surface area contributed by atoms with Crippen LogP contribution >= 0.6 is 0 Å². The van der Waals surface area contributed by atoms with Crippen molar-refractivity contribution in [1.29, 1.82) is 0 Å². The SMILES string of the molecule is COc1ccccc1CNC(=O)NCc1cccc(C)c1. The number of benzene rings is 2. The van der Waals surface area contributed by atoms with Crippen molar-refractivity contribution in [3.8, 4) is 5.75 Å². The number of aryl methyl sites for hydroxylation is 1. The summed E-state index contributed by atoms with van der Waals surface area (Å²) in [5, 5.41) is 5.67. The summed E-state index contributed by atoms with van der Waals surface area (Å²) in [5.41, 5.74) is 3.22. The summed E-state index contributed by atoms with van der Waals surface area (Å²) < 4.78 is 5.25. The van der Waals surface area contributed by atoms with Crippen molar-refractivity contribution in [2.24, 2.45) is 0 Å². The Morgan fingerprint density at radius 2 is 1.81 bits per heavy atom. The molecule has 4 nitrogen and oxygen atoms in total. The molecule has 0 radical (unpaired) electrons. The number of methoxy groups -OCH3 is 1. The van der Waals surface area contributed by atoms with Crippen LogP contribution in [0.1, 0.15) is 16.7 Å². The van der Waals surface area contributed by atoms with Crippen LogP contribution in [0.15, 0.2) is 48.5 Å². The number of rotatable bonds is 5. The number of ether oxygens (including phenoxy) is 1. The third-order valence-electron chi connectivity index (χ3n) is 3.17. The zero-order valence-corrected chi connectivity index (χ0v) is 12.3. The number of carbonyl (C=O) groups is 1. The Morgan fingerprint density at radius 1 is 1.05 bits per heavy atom. The van der Waals surface area contributed by atoms with E-state index in [0.717, 1.165) is 16.9 Å². The second-order valence-corrected chi connectivity index (χ2v) is 4.84. The maximum atomic E-state index is 11.8. The Balaban J connectivity index is 1.82. The Labute approximate surface area is 125 Å². The van der Waals surface area contributed by atoms with E-state index in [4.69, 9.17) is 4.74 Å². The van der Waals surface area contributed by atoms with Crippen LogP contribution in [0.3, 0.4) is 0 Å². The van der Waals surface area contributed by atoms with Crippen LogP contribution in [-0.2, 0) is 13.1 Å². The summed E-state index contributed by atoms with van der Waals surface area (Å²) in [6.07, 6.45) is 0. The lowest BCUT2D eigenvalue weighted by Crippen LogP contribution is -2.34. The molecule has 0 aliphatic carbocycles. The van der Waals surface area contributed by atoms with Gasteiger partial charge in [-0.15, -0.1) is 0 Å². The van der Waals surface area contributed by atoms with Gasteiger partial charge >= 0.3 is 6.03 Å². The molecule has 0 fully saturated rings. The van der Waals surface area contributed by atoms with E-state index in [1.165, 1.54) is 5.56 Å². The smallest absolute Gasteiger partial charge is 0.315 e. The van der Waals surface area contributed by atoms with E-state index in [-0.39, 0.29) is 6.03 Å². The van der Waals surface area contributed by atoms with Gasteiger partial charge < -0.3 is 15.4 Å². The van der Waals surface area contributed by atoms with E-state index in [9.17, 15) is 4.79 Å². The molecule has 0 atom stereocenters. The van der Waals surface area contributed by atoms with Gasteiger partial charge in [0, 0.05) is 18.7 Å². The van der Waals surface area contributed by atoms with E-state index < -0.39 is 0 Å². The molecule has 0 saturated carbocycles. The minimum Gasteiger partial charge on any atom is -0.496 e. The first-order chi connectivity index (χ1) is 10.2. The summed E-state index contributed by atoms with van der Waals surface area (Å²) >= 11 is 0. The molecule has 0 spiro atoms. The molecule has 2 rings (SSSR count). The Hall–Kier alpha value is -2.49. The van der Waals surface area contributed by atoms with Crippen LogP contribution in [-0.4, -0.2) is 13.1 Å². The van der Waals surface area contributed by atoms with Gasteiger partial charge in [0.15, 0.2) is 0 Å². The number of hydrogen-bond acceptors (Lipinski definition) is 2. The van der Waals surface area contributed by atoms with Crippen LogP contribution in [0, 0.1) is 6.92 Å². The van der Waals surface area contributed by atoms with Gasteiger partial charge in [-0.1, -0.05) is 48.0 Å². The molecule has 0 aliphatic rings. The minimum absolute atomic E-state index is 0.192. The summed E-state index contributed by atoms with van der Waals surface area (Å²) in [6, 6.07) is 15.5. The monoisotopic (exact) mass is 284 g/mol. The highest BCUT2D eigenvalue weighted by Crippen LogP contribution is 2.16. The number of hydrogen-bond donors (Lipinski definition) is 2. The first-order valence-electron chi connectivity index (χ1n) is 6.88. The van der Waals surface area contributed by atoms with Gasteiger partial charge in [-0.3, -0.25) is 0 Å². The van der Waals surface area contributed by atoms with Gasteiger partial charge in [0.05, 0.1) is 7.11 Å². The molecule has 2 amide bonds. The van der Waals surface area contributed by atoms with Crippen molar-refractivity contribution < 1.29 is 9.53 Å². The van der Waals surface area contributed by atoms with Crippen molar-refractivity contribution in [1.82, 2.24) is 10.6 Å². The number of urea groups is 1. The van der Waals surface area contributed by atoms with Gasteiger partial charge in [-0.2, -0.15) is 0 Å². The molecule has 110 valence electrons. The summed E-state index contributed by atoms with van der Waals surface area (Å²) in [7, 11) is 1.62. The van der Waals surface area contributed by atoms with Gasteiger partial charge in [-0.05, 0) is 18.6 Å². The maximum absolute atomic E-state index is 11.8. The molecule has 0 saturated heterocycles. The number of amides is 2. The van der Waals surface area contributed by atoms with Crippen molar-refractivity contribution in [2.75, 3.05) is 7.11 Å². The van der Waals surface area contributed by atoms with Crippen LogP contribution in [0.4, 0.5) is 4.79 Å². The van der Waals surface area contributed by atoms with E-state index >= 15 is 0 Å². The van der Waals surface area contributed by atoms with Gasteiger partial charge in [-0.25, -0.2) is 4.79 Å². The fraction of sp³-hybridized carbons (Fsp3) is 0.235. The van der Waals surface area contributed by atoms with Crippen molar-refractivity contribution in [2.45, 2.75) is 20.0 Å². The molecule has 2 aromatic rings. The highest BCUT2D eigenvalue weighted by molar-refractivity contribution is 5.73. The van der Waals surface area contributed by atoms with Crippen LogP contribution in [0.25, 0.3) is 0 Å². The lowest BCUT2D eigenvalue weighted by atomic mass is 10.1. The number of para-hydroxylation sites is 1. The highest BCUT2D eigenvalue weighted by Gasteiger charge is 2.04. The molecule has 0 heterocycles. The highest BCUT2D eigenvalue weighted by atomic mass is 16.5. The number of carbonyl (C=O) groups excluding carboxylic acids is 1. The molecule has 4 heteroatoms. The Bertz CT molecular complexity index is 611. The van der Waals surface area contributed by atoms with Gasteiger partial charge in [0.25, 0.3) is 0 Å². The molecule has 0 aliphatic heterocycles. The molecular formula is C17H20N2O2. The third-order valence-corrected chi connectivity index (χ3v) is 3.17. The minimum atomic E-state index is -0.192. The average molecular weight is 284 g/mol. The lowest BCUT2D eigenvalue weighted by Gasteiger charge is -2.10. The second-order valence-electron chi connectivity index (χ2n) is 4.84. The second kappa shape index (κ2) is 7.33. The van der Waals surface area contributed by atoms with E-state index in [1.807, 2.05) is 49.4 Å². The molecular weight excluding hydrogens is 264 g/mol. The van der Waals surface area contributed by atoms with E-state index in [2.05, 4.69) is 16.7 Å². The average Bonchev–Trinajstić information content (AvgIpc) is 2.51. The summed E-state index contributed by atoms with van der Waals surface area (Å²) in [4.78, 5) is 11.8. The Morgan fingerprint density at radius 3 is 2.57 bits per heavy atom. The molecule has 21 heavy (non-hydrogen) atoms. The molecule has 0 bridgehead atoms. The van der Waals surface area contributed by atoms with Crippen LogP contribution in [0.2, 0.25) is 0 Å². The third kappa shape index (κ3) is 4.53. The molecule has 2 aromatic carbocycles. The van der Waals surface area contributed by atoms with E-state index in [0.29, 0.717) is 13.1 Å². The fourth-order valence-electron chi connectivity index (χ4n) is 2.09. The zero-order chi connectivity index (χ0) is 15.1. The largest absolute Gasteiger partial charge is 0.496 e. The van der Waals surface area contributed by atoms with Gasteiger partial charge in [0.1, 0.15) is 5.75 Å². The normalized spacial score (nSPS) is 10.0. The maximum Gasteiger partial charge on any atom is 0.315 e. The zero-order valence-electron chi connectivity index (χ0n) is 12.3. The van der Waals surface area contributed by atoms with Crippen molar-refractivity contribution in [3.05, 3.63) is 65.2 Å². The fourth-order valence-corrected chi connectivity index (χ4v) is 2.09. The lowest BCUT2D eigenvalue weighted by molar-refractivity contribution is 0.240. The van der Waals surface area contributed by atoms with Gasteiger partial charge in [0.2, 0.25) is 0 Å².